The molecule has 44 heavy (non-hydrogen) atoms. The number of anilines is 2. The molecule has 0 atom stereocenters. The van der Waals surface area contributed by atoms with E-state index < -0.39 is 30.4 Å². The highest BCUT2D eigenvalue weighted by Gasteiger charge is 2.38. The molecule has 1 aromatic carbocycles. The molecule has 4 aromatic rings. The van der Waals surface area contributed by atoms with E-state index in [0.717, 1.165) is 11.8 Å². The number of fused-ring (bicyclic) bond motifs is 1. The standard InChI is InChI=1S/C28H30F5N9O2/c1-2-15-11-18(3-4-19(15)27(44)37-6-5-36-26(43)16-9-17(34)10-16)39-24-25-38-12-21(42(25)8-7-35-24)20-13-41(14-22(29)30)40-23(20)28(31,32)33/h3-4,7-8,11-13,16-17,22H,2,5-6,9-10,14,34H2,1H3,(H,35,39)(H,36,43)(H,37,44)/t16-,17+. The lowest BCUT2D eigenvalue weighted by Crippen LogP contribution is -2.46. The van der Waals surface area contributed by atoms with Crippen molar-refractivity contribution in [1.29, 1.82) is 0 Å². The first-order valence-electron chi connectivity index (χ1n) is 13.9. The van der Waals surface area contributed by atoms with E-state index in [1.165, 1.54) is 23.0 Å². The molecule has 3 heterocycles. The van der Waals surface area contributed by atoms with Gasteiger partial charge in [-0.25, -0.2) is 18.7 Å². The monoisotopic (exact) mass is 619 g/mol. The maximum atomic E-state index is 13.7. The van der Waals surface area contributed by atoms with Crippen molar-refractivity contribution in [2.75, 3.05) is 18.4 Å². The second kappa shape index (κ2) is 12.6. The molecule has 0 saturated heterocycles. The third-order valence-electron chi connectivity index (χ3n) is 7.31. The summed E-state index contributed by atoms with van der Waals surface area (Å²) in [5, 5.41) is 12.0. The smallest absolute Gasteiger partial charge is 0.354 e. The number of aromatic nitrogens is 5. The number of nitrogens with zero attached hydrogens (tertiary/aromatic N) is 5. The van der Waals surface area contributed by atoms with Crippen LogP contribution in [-0.4, -0.2) is 61.5 Å². The summed E-state index contributed by atoms with van der Waals surface area (Å²) in [4.78, 5) is 33.4. The van der Waals surface area contributed by atoms with Crippen LogP contribution in [0.5, 0.6) is 0 Å². The average molecular weight is 620 g/mol. The van der Waals surface area contributed by atoms with Crippen LogP contribution in [0.1, 0.15) is 41.4 Å². The average Bonchev–Trinajstić information content (AvgIpc) is 3.58. The topological polar surface area (TPSA) is 144 Å². The number of halogens is 5. The van der Waals surface area contributed by atoms with Crippen LogP contribution in [0.25, 0.3) is 16.9 Å². The van der Waals surface area contributed by atoms with Gasteiger partial charge in [0.25, 0.3) is 12.3 Å². The number of carbonyl (C=O) groups excluding carboxylic acids is 2. The van der Waals surface area contributed by atoms with E-state index in [4.69, 9.17) is 5.73 Å². The molecule has 234 valence electrons. The van der Waals surface area contributed by atoms with Crippen LogP contribution in [-0.2, 0) is 23.9 Å². The third kappa shape index (κ3) is 6.64. The van der Waals surface area contributed by atoms with Crippen LogP contribution in [0, 0.1) is 5.92 Å². The van der Waals surface area contributed by atoms with E-state index in [9.17, 15) is 31.5 Å². The van der Waals surface area contributed by atoms with Gasteiger partial charge in [-0.2, -0.15) is 18.3 Å². The number of alkyl halides is 5. The first kappa shape index (κ1) is 30.8. The van der Waals surface area contributed by atoms with Crippen molar-refractivity contribution in [2.45, 2.75) is 51.4 Å². The van der Waals surface area contributed by atoms with E-state index in [2.05, 4.69) is 31.0 Å². The van der Waals surface area contributed by atoms with Gasteiger partial charge in [0.1, 0.15) is 6.54 Å². The van der Waals surface area contributed by atoms with E-state index in [1.807, 2.05) is 6.92 Å². The summed E-state index contributed by atoms with van der Waals surface area (Å²) in [5.41, 5.74) is 5.90. The predicted octanol–water partition coefficient (Wildman–Crippen LogP) is 3.77. The summed E-state index contributed by atoms with van der Waals surface area (Å²) in [6.07, 6.45) is -1.05. The van der Waals surface area contributed by atoms with Gasteiger partial charge in [0.15, 0.2) is 17.2 Å². The number of rotatable bonds is 11. The fourth-order valence-corrected chi connectivity index (χ4v) is 5.06. The molecule has 0 bridgehead atoms. The maximum Gasteiger partial charge on any atom is 0.435 e. The van der Waals surface area contributed by atoms with Crippen LogP contribution in [0.4, 0.5) is 33.5 Å². The van der Waals surface area contributed by atoms with Crippen LogP contribution in [0.3, 0.4) is 0 Å². The maximum absolute atomic E-state index is 13.7. The van der Waals surface area contributed by atoms with E-state index >= 15 is 0 Å². The lowest BCUT2D eigenvalue weighted by molar-refractivity contribution is -0.141. The number of imidazole rings is 1. The highest BCUT2D eigenvalue weighted by atomic mass is 19.4. The molecule has 1 saturated carbocycles. The Morgan fingerprint density at radius 2 is 1.89 bits per heavy atom. The van der Waals surface area contributed by atoms with Crippen LogP contribution in [0.2, 0.25) is 0 Å². The number of benzene rings is 1. The third-order valence-corrected chi connectivity index (χ3v) is 7.31. The Morgan fingerprint density at radius 3 is 2.57 bits per heavy atom. The van der Waals surface area contributed by atoms with Crippen LogP contribution < -0.4 is 21.7 Å². The molecule has 5 N–H and O–H groups in total. The SMILES string of the molecule is CCc1cc(Nc2nccn3c(-c4cn(CC(F)F)nc4C(F)(F)F)cnc23)ccc1C(=O)NCCNC(=O)[C@H]1C[C@@H](N)C1. The minimum absolute atomic E-state index is 0.00740. The number of amides is 2. The zero-order valence-corrected chi connectivity index (χ0v) is 23.5. The van der Waals surface area contributed by atoms with E-state index in [1.54, 1.807) is 18.2 Å². The van der Waals surface area contributed by atoms with Gasteiger partial charge in [-0.05, 0) is 43.0 Å². The number of aryl methyl sites for hydroxylation is 1. The van der Waals surface area contributed by atoms with Crippen molar-refractivity contribution < 1.29 is 31.5 Å². The fourth-order valence-electron chi connectivity index (χ4n) is 5.06. The highest BCUT2D eigenvalue weighted by molar-refractivity contribution is 5.96. The highest BCUT2D eigenvalue weighted by Crippen LogP contribution is 2.37. The van der Waals surface area contributed by atoms with E-state index in [-0.39, 0.29) is 54.0 Å². The molecule has 0 aliphatic heterocycles. The lowest BCUT2D eigenvalue weighted by atomic mass is 9.80. The van der Waals surface area contributed by atoms with Gasteiger partial charge in [-0.15, -0.1) is 0 Å². The molecule has 5 rings (SSSR count). The molecular formula is C28H30F5N9O2. The number of nitrogens with two attached hydrogens (primary N) is 1. The molecule has 1 aliphatic rings. The van der Waals surface area contributed by atoms with E-state index in [0.29, 0.717) is 35.2 Å². The molecule has 2 amide bonds. The Balaban J connectivity index is 1.31. The van der Waals surface area contributed by atoms with Crippen LogP contribution in [0.15, 0.2) is 43.0 Å². The van der Waals surface area contributed by atoms with Crippen molar-refractivity contribution in [3.05, 3.63) is 59.8 Å². The number of hydrogen-bond acceptors (Lipinski definition) is 7. The molecule has 1 fully saturated rings. The van der Waals surface area contributed by atoms with Crippen molar-refractivity contribution in [3.8, 4) is 11.3 Å². The summed E-state index contributed by atoms with van der Waals surface area (Å²) in [7, 11) is 0. The molecule has 3 aromatic heterocycles. The van der Waals surface area contributed by atoms with Gasteiger partial charge in [0, 0.05) is 54.9 Å². The molecule has 0 spiro atoms. The minimum atomic E-state index is -4.88. The molecule has 1 aliphatic carbocycles. The molecule has 11 nitrogen and oxygen atoms in total. The van der Waals surface area contributed by atoms with Gasteiger partial charge < -0.3 is 21.7 Å². The summed E-state index contributed by atoms with van der Waals surface area (Å²) in [5.74, 6) is -0.230. The second-order valence-electron chi connectivity index (χ2n) is 10.4. The van der Waals surface area contributed by atoms with Gasteiger partial charge >= 0.3 is 6.18 Å². The Hall–Kier alpha value is -4.60. The lowest BCUT2D eigenvalue weighted by Gasteiger charge is -2.31. The predicted molar refractivity (Wildman–Crippen MR) is 150 cm³/mol. The first-order valence-corrected chi connectivity index (χ1v) is 13.9. The Morgan fingerprint density at radius 1 is 1.14 bits per heavy atom. The number of carbonyl (C=O) groups is 2. The molecule has 0 unspecified atom stereocenters. The van der Waals surface area contributed by atoms with Gasteiger partial charge in [-0.3, -0.25) is 18.7 Å². The largest absolute Gasteiger partial charge is 0.435 e. The fraction of sp³-hybridized carbons (Fsp3) is 0.393. The molecule has 16 heteroatoms. The Bertz CT molecular complexity index is 1660. The summed E-state index contributed by atoms with van der Waals surface area (Å²) < 4.78 is 68.8. The molecule has 0 radical (unpaired) electrons. The van der Waals surface area contributed by atoms with Crippen LogP contribution >= 0.6 is 0 Å². The minimum Gasteiger partial charge on any atom is -0.354 e. The van der Waals surface area contributed by atoms with Crippen molar-refractivity contribution >= 4 is 29.0 Å². The molecular weight excluding hydrogens is 589 g/mol. The zero-order chi connectivity index (χ0) is 31.6. The van der Waals surface area contributed by atoms with Gasteiger partial charge in [0.05, 0.1) is 17.5 Å². The van der Waals surface area contributed by atoms with Crippen molar-refractivity contribution in [1.82, 2.24) is 34.8 Å². The first-order chi connectivity index (χ1) is 20.9. The number of hydrogen-bond donors (Lipinski definition) is 4. The zero-order valence-electron chi connectivity index (χ0n) is 23.5. The van der Waals surface area contributed by atoms with Gasteiger partial charge in [0.2, 0.25) is 5.91 Å². The van der Waals surface area contributed by atoms with Crippen molar-refractivity contribution in [3.63, 3.8) is 0 Å². The summed E-state index contributed by atoms with van der Waals surface area (Å²) in [6.45, 7) is 1.43. The Labute approximate surface area is 248 Å². The normalized spacial score (nSPS) is 16.6. The summed E-state index contributed by atoms with van der Waals surface area (Å²) in [6, 6.07) is 5.11. The second-order valence-corrected chi connectivity index (χ2v) is 10.4. The summed E-state index contributed by atoms with van der Waals surface area (Å²) >= 11 is 0. The number of nitrogens with one attached hydrogen (secondary N) is 3. The quantitative estimate of drug-likeness (QED) is 0.148. The Kier molecular flexibility index (Phi) is 8.80. The van der Waals surface area contributed by atoms with Gasteiger partial charge in [-0.1, -0.05) is 6.92 Å². The van der Waals surface area contributed by atoms with Crippen molar-refractivity contribution in [2.24, 2.45) is 11.7 Å².